The summed E-state index contributed by atoms with van der Waals surface area (Å²) in [6.45, 7) is -0.128. The molecule has 0 saturated carbocycles. The maximum Gasteiger partial charge on any atom is 0.269 e. The number of carbonyl (C=O) groups is 4. The lowest BCUT2D eigenvalue weighted by Gasteiger charge is -2.13. The van der Waals surface area contributed by atoms with E-state index in [1.807, 2.05) is 0 Å². The van der Waals surface area contributed by atoms with Gasteiger partial charge in [0, 0.05) is 24.8 Å². The zero-order valence-corrected chi connectivity index (χ0v) is 16.2. The highest BCUT2D eigenvalue weighted by Gasteiger charge is 2.34. The Kier molecular flexibility index (Phi) is 5.46. The Morgan fingerprint density at radius 1 is 0.897 bits per heavy atom. The molecular formula is C19H17N3O6S. The van der Waals surface area contributed by atoms with Crippen LogP contribution in [0.3, 0.4) is 0 Å². The predicted molar refractivity (Wildman–Crippen MR) is 102 cm³/mol. The Hall–Kier alpha value is -3.53. The number of hydrogen-bond acceptors (Lipinski definition) is 6. The molecule has 1 aliphatic rings. The summed E-state index contributed by atoms with van der Waals surface area (Å²) >= 11 is 0. The fourth-order valence-corrected chi connectivity index (χ4v) is 3.40. The summed E-state index contributed by atoms with van der Waals surface area (Å²) in [5.41, 5.74) is 5.13. The van der Waals surface area contributed by atoms with Crippen molar-refractivity contribution in [1.29, 1.82) is 0 Å². The van der Waals surface area contributed by atoms with Crippen LogP contribution in [0.15, 0.2) is 53.4 Å². The second kappa shape index (κ2) is 7.84. The first-order chi connectivity index (χ1) is 13.7. The highest BCUT2D eigenvalue weighted by molar-refractivity contribution is 7.90. The predicted octanol–water partition coefficient (Wildman–Crippen LogP) is 0.537. The van der Waals surface area contributed by atoms with Crippen LogP contribution in [0.5, 0.6) is 0 Å². The molecule has 4 amide bonds. The molecule has 1 heterocycles. The van der Waals surface area contributed by atoms with Crippen LogP contribution in [0.25, 0.3) is 0 Å². The van der Waals surface area contributed by atoms with Crippen molar-refractivity contribution in [3.8, 4) is 0 Å². The summed E-state index contributed by atoms with van der Waals surface area (Å²) in [5.74, 6) is -2.16. The van der Waals surface area contributed by atoms with Crippen LogP contribution in [0.1, 0.15) is 37.5 Å². The molecule has 0 aliphatic carbocycles. The van der Waals surface area contributed by atoms with Gasteiger partial charge in [0.05, 0.1) is 16.0 Å². The van der Waals surface area contributed by atoms with Gasteiger partial charge in [0.1, 0.15) is 0 Å². The summed E-state index contributed by atoms with van der Waals surface area (Å²) in [7, 11) is -3.38. The fraction of sp³-hybridized carbons (Fsp3) is 0.158. The number of carbonyl (C=O) groups excluding carboxylic acids is 4. The van der Waals surface area contributed by atoms with Gasteiger partial charge in [-0.25, -0.2) is 8.42 Å². The van der Waals surface area contributed by atoms with Gasteiger partial charge in [-0.05, 0) is 36.4 Å². The second-order valence-corrected chi connectivity index (χ2v) is 8.37. The number of sulfone groups is 1. The van der Waals surface area contributed by atoms with Crippen LogP contribution in [0.4, 0.5) is 0 Å². The molecule has 2 aromatic rings. The van der Waals surface area contributed by atoms with Crippen molar-refractivity contribution in [3.63, 3.8) is 0 Å². The minimum absolute atomic E-state index is 0.0685. The number of nitrogens with one attached hydrogen (secondary N) is 2. The average Bonchev–Trinajstić information content (AvgIpc) is 2.94. The van der Waals surface area contributed by atoms with E-state index in [0.717, 1.165) is 11.2 Å². The van der Waals surface area contributed by atoms with Crippen LogP contribution < -0.4 is 10.9 Å². The molecule has 29 heavy (non-hydrogen) atoms. The Bertz CT molecular complexity index is 1070. The minimum Gasteiger partial charge on any atom is -0.274 e. The largest absolute Gasteiger partial charge is 0.274 e. The van der Waals surface area contributed by atoms with Gasteiger partial charge in [-0.2, -0.15) is 0 Å². The van der Waals surface area contributed by atoms with Crippen molar-refractivity contribution >= 4 is 33.5 Å². The Morgan fingerprint density at radius 2 is 1.45 bits per heavy atom. The minimum atomic E-state index is -3.38. The van der Waals surface area contributed by atoms with Crippen molar-refractivity contribution in [2.75, 3.05) is 12.8 Å². The van der Waals surface area contributed by atoms with E-state index in [2.05, 4.69) is 10.9 Å². The number of amides is 4. The SMILES string of the molecule is CS(=O)(=O)c1ccc(C(=O)NNC(=O)CCN2C(=O)c3ccccc3C2=O)cc1. The highest BCUT2D eigenvalue weighted by atomic mass is 32.2. The zero-order chi connectivity index (χ0) is 21.2. The van der Waals surface area contributed by atoms with Gasteiger partial charge in [-0.15, -0.1) is 0 Å². The maximum absolute atomic E-state index is 12.2. The Labute approximate surface area is 166 Å². The van der Waals surface area contributed by atoms with Crippen LogP contribution in [-0.2, 0) is 14.6 Å². The van der Waals surface area contributed by atoms with E-state index in [1.54, 1.807) is 24.3 Å². The molecule has 2 aromatic carbocycles. The normalized spacial score (nSPS) is 13.2. The molecule has 1 aliphatic heterocycles. The first-order valence-electron chi connectivity index (χ1n) is 8.53. The number of benzene rings is 2. The maximum atomic E-state index is 12.2. The van der Waals surface area contributed by atoms with Crippen LogP contribution in [-0.4, -0.2) is 49.7 Å². The van der Waals surface area contributed by atoms with Crippen LogP contribution >= 0.6 is 0 Å². The molecule has 0 saturated heterocycles. The lowest BCUT2D eigenvalue weighted by Crippen LogP contribution is -2.43. The zero-order valence-electron chi connectivity index (χ0n) is 15.3. The first kappa shape index (κ1) is 20.2. The third kappa shape index (κ3) is 4.32. The summed E-state index contributed by atoms with van der Waals surface area (Å²) in [5, 5.41) is 0. The Balaban J connectivity index is 1.51. The molecule has 10 heteroatoms. The van der Waals surface area contributed by atoms with E-state index in [4.69, 9.17) is 0 Å². The van der Waals surface area contributed by atoms with E-state index in [-0.39, 0.29) is 23.4 Å². The fourth-order valence-electron chi connectivity index (χ4n) is 2.77. The van der Waals surface area contributed by atoms with Gasteiger partial charge < -0.3 is 0 Å². The molecule has 0 fully saturated rings. The van der Waals surface area contributed by atoms with Crippen LogP contribution in [0.2, 0.25) is 0 Å². The molecular weight excluding hydrogens is 398 g/mol. The van der Waals surface area contributed by atoms with E-state index in [9.17, 15) is 27.6 Å². The van der Waals surface area contributed by atoms with E-state index < -0.39 is 33.5 Å². The molecule has 150 valence electrons. The highest BCUT2D eigenvalue weighted by Crippen LogP contribution is 2.22. The monoisotopic (exact) mass is 415 g/mol. The number of hydrazine groups is 1. The summed E-state index contributed by atoms with van der Waals surface area (Å²) in [6.07, 6.45) is 0.857. The Morgan fingerprint density at radius 3 is 1.97 bits per heavy atom. The third-order valence-electron chi connectivity index (χ3n) is 4.30. The molecule has 0 aromatic heterocycles. The van der Waals surface area contributed by atoms with Crippen LogP contribution in [0, 0.1) is 0 Å². The first-order valence-corrected chi connectivity index (χ1v) is 10.4. The number of nitrogens with zero attached hydrogens (tertiary/aromatic N) is 1. The standard InChI is InChI=1S/C19H17N3O6S/c1-29(27,28)13-8-6-12(7-9-13)17(24)21-20-16(23)10-11-22-18(25)14-4-2-3-5-15(14)19(22)26/h2-9H,10-11H2,1H3,(H,20,23)(H,21,24). The summed E-state index contributed by atoms with van der Waals surface area (Å²) < 4.78 is 22.8. The molecule has 9 nitrogen and oxygen atoms in total. The van der Waals surface area contributed by atoms with Gasteiger partial charge >= 0.3 is 0 Å². The average molecular weight is 415 g/mol. The van der Waals surface area contributed by atoms with Crippen molar-refractivity contribution in [1.82, 2.24) is 15.8 Å². The number of hydrogen-bond donors (Lipinski definition) is 2. The molecule has 0 radical (unpaired) electrons. The number of imide groups is 1. The van der Waals surface area contributed by atoms with Gasteiger partial charge in [0.25, 0.3) is 17.7 Å². The molecule has 0 atom stereocenters. The smallest absolute Gasteiger partial charge is 0.269 e. The molecule has 0 bridgehead atoms. The number of fused-ring (bicyclic) bond motifs is 1. The lowest BCUT2D eigenvalue weighted by molar-refractivity contribution is -0.121. The summed E-state index contributed by atoms with van der Waals surface area (Å²) in [4.78, 5) is 49.5. The lowest BCUT2D eigenvalue weighted by atomic mass is 10.1. The van der Waals surface area contributed by atoms with Crippen molar-refractivity contribution in [2.45, 2.75) is 11.3 Å². The molecule has 2 N–H and O–H groups in total. The third-order valence-corrected chi connectivity index (χ3v) is 5.43. The van der Waals surface area contributed by atoms with Crippen molar-refractivity contribution < 1.29 is 27.6 Å². The van der Waals surface area contributed by atoms with Gasteiger partial charge in [-0.1, -0.05) is 12.1 Å². The van der Waals surface area contributed by atoms with Gasteiger partial charge in [-0.3, -0.25) is 34.9 Å². The quantitative estimate of drug-likeness (QED) is 0.541. The van der Waals surface area contributed by atoms with E-state index in [1.165, 1.54) is 24.3 Å². The molecule has 0 spiro atoms. The molecule has 3 rings (SSSR count). The topological polar surface area (TPSA) is 130 Å². The molecule has 0 unspecified atom stereocenters. The van der Waals surface area contributed by atoms with Crippen molar-refractivity contribution in [3.05, 3.63) is 65.2 Å². The number of rotatable bonds is 5. The van der Waals surface area contributed by atoms with Gasteiger partial charge in [0.2, 0.25) is 5.91 Å². The second-order valence-electron chi connectivity index (χ2n) is 6.36. The van der Waals surface area contributed by atoms with E-state index in [0.29, 0.717) is 11.1 Å². The van der Waals surface area contributed by atoms with E-state index >= 15 is 0 Å². The van der Waals surface area contributed by atoms with Gasteiger partial charge in [0.15, 0.2) is 9.84 Å². The summed E-state index contributed by atoms with van der Waals surface area (Å²) in [6, 6.07) is 11.6. The van der Waals surface area contributed by atoms with Crippen molar-refractivity contribution in [2.24, 2.45) is 0 Å².